The van der Waals surface area contributed by atoms with Gasteiger partial charge in [0, 0.05) is 13.5 Å². The third-order valence-electron chi connectivity index (χ3n) is 4.57. The number of nitrogens with one attached hydrogen (secondary N) is 1. The van der Waals surface area contributed by atoms with Crippen LogP contribution < -0.4 is 11.1 Å². The van der Waals surface area contributed by atoms with Crippen LogP contribution in [-0.2, 0) is 14.4 Å². The molecule has 3 N–H and O–H groups in total. The normalized spacial score (nSPS) is 25.6. The second-order valence-corrected chi connectivity index (χ2v) is 6.30. The van der Waals surface area contributed by atoms with Gasteiger partial charge in [-0.25, -0.2) is 0 Å². The van der Waals surface area contributed by atoms with Crippen LogP contribution in [0.4, 0.5) is 0 Å². The summed E-state index contributed by atoms with van der Waals surface area (Å²) < 4.78 is 0. The number of nitrogens with two attached hydrogens (primary N) is 1. The van der Waals surface area contributed by atoms with Gasteiger partial charge >= 0.3 is 0 Å². The van der Waals surface area contributed by atoms with Crippen LogP contribution in [0.15, 0.2) is 0 Å². The summed E-state index contributed by atoms with van der Waals surface area (Å²) in [6.07, 6.45) is 4.73. The molecule has 1 unspecified atom stereocenters. The van der Waals surface area contributed by atoms with E-state index in [0.29, 0.717) is 19.3 Å². The molecular formula is C14H21N3O3S. The van der Waals surface area contributed by atoms with E-state index >= 15 is 0 Å². The standard InChI is InChI=1S/C14H21N3O3S/c1-17-10(18)6-5-9(11(17)19)16-13(20)14(12(15)21)7-3-2-4-8-14/h9H,2-8H2,1H3,(H2,15,21)(H,16,20). The molecule has 1 aliphatic heterocycles. The van der Waals surface area contributed by atoms with Gasteiger partial charge in [0.25, 0.3) is 5.91 Å². The minimum absolute atomic E-state index is 0.201. The molecule has 1 saturated carbocycles. The first-order valence-electron chi connectivity index (χ1n) is 7.30. The average molecular weight is 311 g/mol. The number of carbonyl (C=O) groups excluding carboxylic acids is 3. The van der Waals surface area contributed by atoms with E-state index in [-0.39, 0.29) is 29.1 Å². The van der Waals surface area contributed by atoms with Crippen LogP contribution in [0.2, 0.25) is 0 Å². The molecule has 7 heteroatoms. The van der Waals surface area contributed by atoms with Crippen molar-refractivity contribution in [1.82, 2.24) is 10.2 Å². The maximum atomic E-state index is 12.6. The predicted octanol–water partition coefficient (Wildman–Crippen LogP) is 0.487. The smallest absolute Gasteiger partial charge is 0.251 e. The molecule has 2 fully saturated rings. The minimum atomic E-state index is -0.839. The van der Waals surface area contributed by atoms with Crippen LogP contribution in [0.1, 0.15) is 44.9 Å². The van der Waals surface area contributed by atoms with E-state index in [9.17, 15) is 14.4 Å². The van der Waals surface area contributed by atoms with E-state index in [1.165, 1.54) is 7.05 Å². The zero-order chi connectivity index (χ0) is 15.6. The van der Waals surface area contributed by atoms with Crippen molar-refractivity contribution < 1.29 is 14.4 Å². The van der Waals surface area contributed by atoms with Crippen LogP contribution in [0.3, 0.4) is 0 Å². The number of likely N-dealkylation sites (N-methyl/N-ethyl adjacent to an activating group) is 1. The van der Waals surface area contributed by atoms with E-state index in [2.05, 4.69) is 5.32 Å². The zero-order valence-corrected chi connectivity index (χ0v) is 13.0. The summed E-state index contributed by atoms with van der Waals surface area (Å²) in [5.74, 6) is -0.850. The Hall–Kier alpha value is -1.50. The van der Waals surface area contributed by atoms with Gasteiger partial charge in [-0.2, -0.15) is 0 Å². The van der Waals surface area contributed by atoms with E-state index in [1.54, 1.807) is 0 Å². The van der Waals surface area contributed by atoms with Crippen molar-refractivity contribution in [3.8, 4) is 0 Å². The fourth-order valence-electron chi connectivity index (χ4n) is 3.09. The number of thiocarbonyl (C=S) groups is 1. The lowest BCUT2D eigenvalue weighted by molar-refractivity contribution is -0.150. The maximum Gasteiger partial charge on any atom is 0.251 e. The largest absolute Gasteiger partial charge is 0.392 e. The van der Waals surface area contributed by atoms with Crippen molar-refractivity contribution in [2.24, 2.45) is 11.1 Å². The Labute approximate surface area is 129 Å². The molecule has 1 heterocycles. The maximum absolute atomic E-state index is 12.6. The second kappa shape index (κ2) is 6.09. The predicted molar refractivity (Wildman–Crippen MR) is 81.2 cm³/mol. The molecule has 2 rings (SSSR count). The summed E-state index contributed by atoms with van der Waals surface area (Å²) in [6, 6.07) is -0.659. The Morgan fingerprint density at radius 2 is 1.95 bits per heavy atom. The Morgan fingerprint density at radius 1 is 1.33 bits per heavy atom. The van der Waals surface area contributed by atoms with Crippen molar-refractivity contribution in [2.45, 2.75) is 51.0 Å². The highest BCUT2D eigenvalue weighted by atomic mass is 32.1. The second-order valence-electron chi connectivity index (χ2n) is 5.86. The van der Waals surface area contributed by atoms with Crippen LogP contribution in [0.5, 0.6) is 0 Å². The lowest BCUT2D eigenvalue weighted by Gasteiger charge is -2.37. The molecule has 6 nitrogen and oxygen atoms in total. The van der Waals surface area contributed by atoms with Crippen LogP contribution in [0, 0.1) is 5.41 Å². The molecule has 21 heavy (non-hydrogen) atoms. The first-order chi connectivity index (χ1) is 9.88. The average Bonchev–Trinajstić information content (AvgIpc) is 2.48. The Bertz CT molecular complexity index is 486. The first-order valence-corrected chi connectivity index (χ1v) is 7.70. The number of hydrogen-bond donors (Lipinski definition) is 2. The van der Waals surface area contributed by atoms with Crippen molar-refractivity contribution in [1.29, 1.82) is 0 Å². The van der Waals surface area contributed by atoms with E-state index in [4.69, 9.17) is 18.0 Å². The molecule has 0 spiro atoms. The number of carbonyl (C=O) groups is 3. The van der Waals surface area contributed by atoms with Crippen molar-refractivity contribution in [3.05, 3.63) is 0 Å². The lowest BCUT2D eigenvalue weighted by Crippen LogP contribution is -2.58. The highest BCUT2D eigenvalue weighted by Crippen LogP contribution is 2.37. The fourth-order valence-corrected chi connectivity index (χ4v) is 3.38. The van der Waals surface area contributed by atoms with E-state index < -0.39 is 11.5 Å². The molecule has 1 atom stereocenters. The number of nitrogens with zero attached hydrogens (tertiary/aromatic N) is 1. The van der Waals surface area contributed by atoms with Crippen molar-refractivity contribution in [3.63, 3.8) is 0 Å². The quantitative estimate of drug-likeness (QED) is 0.584. The minimum Gasteiger partial charge on any atom is -0.392 e. The zero-order valence-electron chi connectivity index (χ0n) is 12.2. The van der Waals surface area contributed by atoms with Gasteiger partial charge in [0.1, 0.15) is 6.04 Å². The third-order valence-corrected chi connectivity index (χ3v) is 4.96. The SMILES string of the molecule is CN1C(=O)CCC(NC(=O)C2(C(N)=S)CCCCC2)C1=O. The number of imide groups is 1. The van der Waals surface area contributed by atoms with Gasteiger partial charge in [0.2, 0.25) is 11.8 Å². The topological polar surface area (TPSA) is 92.5 Å². The summed E-state index contributed by atoms with van der Waals surface area (Å²) in [4.78, 5) is 37.4. The van der Waals surface area contributed by atoms with Gasteiger partial charge < -0.3 is 11.1 Å². The van der Waals surface area contributed by atoms with Crippen LogP contribution in [-0.4, -0.2) is 40.7 Å². The number of amides is 3. The van der Waals surface area contributed by atoms with Crippen molar-refractivity contribution in [2.75, 3.05) is 7.05 Å². The summed E-state index contributed by atoms with van der Waals surface area (Å²) >= 11 is 5.11. The molecule has 3 amide bonds. The molecule has 0 aromatic heterocycles. The molecule has 2 aliphatic rings. The van der Waals surface area contributed by atoms with Gasteiger partial charge in [-0.3, -0.25) is 19.3 Å². The third kappa shape index (κ3) is 2.92. The van der Waals surface area contributed by atoms with Crippen LogP contribution >= 0.6 is 12.2 Å². The van der Waals surface area contributed by atoms with E-state index in [0.717, 1.165) is 24.2 Å². The van der Waals surface area contributed by atoms with Gasteiger partial charge in [0.15, 0.2) is 0 Å². The summed E-state index contributed by atoms with van der Waals surface area (Å²) in [7, 11) is 1.44. The monoisotopic (exact) mass is 311 g/mol. The van der Waals surface area contributed by atoms with Gasteiger partial charge in [-0.05, 0) is 19.3 Å². The van der Waals surface area contributed by atoms with Crippen LogP contribution in [0.25, 0.3) is 0 Å². The molecule has 1 saturated heterocycles. The molecule has 1 aliphatic carbocycles. The fraction of sp³-hybridized carbons (Fsp3) is 0.714. The number of rotatable bonds is 3. The summed E-state index contributed by atoms with van der Waals surface area (Å²) in [6.45, 7) is 0. The van der Waals surface area contributed by atoms with Gasteiger partial charge in [-0.15, -0.1) is 0 Å². The molecule has 0 radical (unpaired) electrons. The number of hydrogen-bond acceptors (Lipinski definition) is 4. The molecule has 0 bridgehead atoms. The summed E-state index contributed by atoms with van der Waals surface area (Å²) in [5, 5.41) is 2.76. The Kier molecular flexibility index (Phi) is 4.61. The molecule has 0 aromatic rings. The summed E-state index contributed by atoms with van der Waals surface area (Å²) in [5.41, 5.74) is 4.97. The highest BCUT2D eigenvalue weighted by molar-refractivity contribution is 7.80. The Balaban J connectivity index is 2.11. The molecule has 116 valence electrons. The molecule has 0 aromatic carbocycles. The van der Waals surface area contributed by atoms with Gasteiger partial charge in [0.05, 0.1) is 10.4 Å². The Morgan fingerprint density at radius 3 is 2.52 bits per heavy atom. The van der Waals surface area contributed by atoms with Gasteiger partial charge in [-0.1, -0.05) is 31.5 Å². The number of likely N-dealkylation sites (tertiary alicyclic amines) is 1. The molecular weight excluding hydrogens is 290 g/mol. The number of piperidine rings is 1. The highest BCUT2D eigenvalue weighted by Gasteiger charge is 2.44. The first kappa shape index (κ1) is 15.9. The van der Waals surface area contributed by atoms with E-state index in [1.807, 2.05) is 0 Å². The van der Waals surface area contributed by atoms with Crippen molar-refractivity contribution >= 4 is 34.9 Å². The lowest BCUT2D eigenvalue weighted by atomic mass is 9.73.